The maximum Gasteiger partial charge on any atom is 0.306 e. The molecule has 10 nitrogen and oxygen atoms in total. The first-order chi connectivity index (χ1) is 25.9. The van der Waals surface area contributed by atoms with Crippen LogP contribution < -0.4 is 4.89 Å². The van der Waals surface area contributed by atoms with Crippen LogP contribution in [0.3, 0.4) is 0 Å². The molecule has 1 N–H and O–H groups in total. The van der Waals surface area contributed by atoms with Crippen LogP contribution in [0.1, 0.15) is 155 Å². The highest BCUT2D eigenvalue weighted by Crippen LogP contribution is 2.38. The van der Waals surface area contributed by atoms with E-state index in [1.807, 2.05) is 57.6 Å². The summed E-state index contributed by atoms with van der Waals surface area (Å²) in [6, 6.07) is 0. The van der Waals surface area contributed by atoms with Gasteiger partial charge in [-0.3, -0.25) is 14.2 Å². The molecule has 0 spiro atoms. The minimum absolute atomic E-state index is 0.0501. The number of aliphatic hydroxyl groups excluding tert-OH is 1. The SMILES string of the molecule is CCCCC/C=C\C=C/[C@@H](O)C/C=C\C/C=C/CCCC(=O)OC[C@H](COP(=O)([O-])OCC[N+](C)(C)C)OC(=O)CCCCCCCCCCCCCC. The van der Waals surface area contributed by atoms with Crippen molar-refractivity contribution in [1.29, 1.82) is 0 Å². The summed E-state index contributed by atoms with van der Waals surface area (Å²) < 4.78 is 33.7. The molecule has 0 radical (unpaired) electrons. The number of nitrogens with zero attached hydrogens (tertiary/aromatic N) is 1. The smallest absolute Gasteiger partial charge is 0.306 e. The summed E-state index contributed by atoms with van der Waals surface area (Å²) in [6.07, 6.45) is 36.0. The van der Waals surface area contributed by atoms with E-state index in [0.717, 1.165) is 32.1 Å². The van der Waals surface area contributed by atoms with Crippen molar-refractivity contribution in [2.75, 3.05) is 47.5 Å². The number of phosphoric acid groups is 1. The van der Waals surface area contributed by atoms with Crippen molar-refractivity contribution in [3.05, 3.63) is 48.6 Å². The highest BCUT2D eigenvalue weighted by atomic mass is 31.2. The van der Waals surface area contributed by atoms with Gasteiger partial charge in [-0.1, -0.05) is 146 Å². The zero-order valence-electron chi connectivity index (χ0n) is 34.8. The first kappa shape index (κ1) is 51.9. The van der Waals surface area contributed by atoms with Crippen molar-refractivity contribution in [3.8, 4) is 0 Å². The Bertz CT molecular complexity index is 1080. The van der Waals surface area contributed by atoms with Crippen molar-refractivity contribution >= 4 is 19.8 Å². The van der Waals surface area contributed by atoms with Crippen LogP contribution in [0.15, 0.2) is 48.6 Å². The van der Waals surface area contributed by atoms with Crippen LogP contribution in [0.2, 0.25) is 0 Å². The van der Waals surface area contributed by atoms with Gasteiger partial charge in [0.2, 0.25) is 0 Å². The first-order valence-electron chi connectivity index (χ1n) is 21.0. The summed E-state index contributed by atoms with van der Waals surface area (Å²) >= 11 is 0. The van der Waals surface area contributed by atoms with E-state index < -0.39 is 38.6 Å². The molecule has 0 aromatic carbocycles. The van der Waals surface area contributed by atoms with Gasteiger partial charge in [0.25, 0.3) is 7.82 Å². The van der Waals surface area contributed by atoms with Crippen LogP contribution in [0, 0.1) is 0 Å². The average Bonchev–Trinajstić information content (AvgIpc) is 3.11. The maximum atomic E-state index is 12.6. The number of quaternary nitrogens is 1. The molecule has 3 atom stereocenters. The summed E-state index contributed by atoms with van der Waals surface area (Å²) in [5.74, 6) is -0.943. The Morgan fingerprint density at radius 3 is 1.91 bits per heavy atom. The van der Waals surface area contributed by atoms with E-state index in [0.29, 0.717) is 36.7 Å². The molecule has 314 valence electrons. The molecule has 0 saturated carbocycles. The third kappa shape index (κ3) is 38.2. The Balaban J connectivity index is 4.54. The van der Waals surface area contributed by atoms with Gasteiger partial charge in [0.05, 0.1) is 33.9 Å². The highest BCUT2D eigenvalue weighted by molar-refractivity contribution is 7.45. The predicted molar refractivity (Wildman–Crippen MR) is 219 cm³/mol. The number of esters is 2. The number of hydrogen-bond acceptors (Lipinski definition) is 9. The minimum atomic E-state index is -4.65. The van der Waals surface area contributed by atoms with Crippen molar-refractivity contribution in [3.63, 3.8) is 0 Å². The van der Waals surface area contributed by atoms with Gasteiger partial charge in [0.1, 0.15) is 19.8 Å². The quantitative estimate of drug-likeness (QED) is 0.0163. The number of carbonyl (C=O) groups excluding carboxylic acids is 2. The molecule has 1 unspecified atom stereocenters. The second-order valence-corrected chi connectivity index (χ2v) is 16.6. The van der Waals surface area contributed by atoms with Gasteiger partial charge in [-0.05, 0) is 44.9 Å². The van der Waals surface area contributed by atoms with Crippen molar-refractivity contribution < 1.29 is 47.2 Å². The molecular weight excluding hydrogens is 705 g/mol. The number of likely N-dealkylation sites (N-methyl/N-ethyl adjacent to an activating group) is 1. The fourth-order valence-corrected chi connectivity index (χ4v) is 6.04. The van der Waals surface area contributed by atoms with E-state index in [9.17, 15) is 24.2 Å². The lowest BCUT2D eigenvalue weighted by Gasteiger charge is -2.28. The van der Waals surface area contributed by atoms with Gasteiger partial charge >= 0.3 is 11.9 Å². The van der Waals surface area contributed by atoms with Crippen LogP contribution >= 0.6 is 7.82 Å². The van der Waals surface area contributed by atoms with Gasteiger partial charge in [0.15, 0.2) is 6.10 Å². The van der Waals surface area contributed by atoms with Crippen LogP contribution in [-0.2, 0) is 32.7 Å². The van der Waals surface area contributed by atoms with E-state index in [1.54, 1.807) is 6.08 Å². The van der Waals surface area contributed by atoms with Crippen LogP contribution in [-0.4, -0.2) is 81.2 Å². The lowest BCUT2D eigenvalue weighted by Crippen LogP contribution is -2.37. The Labute approximate surface area is 329 Å². The topological polar surface area (TPSA) is 131 Å². The van der Waals surface area contributed by atoms with Gasteiger partial charge in [-0.25, -0.2) is 0 Å². The normalized spacial score (nSPS) is 14.7. The molecule has 54 heavy (non-hydrogen) atoms. The lowest BCUT2D eigenvalue weighted by atomic mass is 10.0. The zero-order chi connectivity index (χ0) is 40.2. The first-order valence-corrected chi connectivity index (χ1v) is 22.4. The second kappa shape index (κ2) is 35.4. The molecule has 0 aromatic heterocycles. The van der Waals surface area contributed by atoms with Gasteiger partial charge in [-0.2, -0.15) is 0 Å². The fourth-order valence-electron chi connectivity index (χ4n) is 5.31. The maximum absolute atomic E-state index is 12.6. The number of hydrogen-bond donors (Lipinski definition) is 1. The standard InChI is InChI=1S/C43H78NO9P/c1-6-8-10-12-14-15-16-17-18-22-27-31-35-43(47)53-41(39-52-54(48,49)51-37-36-44(3,4)5)38-50-42(46)34-30-26-23-19-21-25-29-33-40(45)32-28-24-20-13-11-9-7-2/h19-20,23-25,28-29,32,40-41,45H,6-18,21-22,26-27,30-31,33-39H2,1-5H3/b23-19+,24-20-,29-25-,32-28-/t40-,41-/m1/s1. The van der Waals surface area contributed by atoms with Crippen LogP contribution in [0.5, 0.6) is 0 Å². The third-order valence-corrected chi connectivity index (χ3v) is 9.65. The van der Waals surface area contributed by atoms with Crippen LogP contribution in [0.4, 0.5) is 0 Å². The van der Waals surface area contributed by atoms with Gasteiger partial charge < -0.3 is 33.0 Å². The molecule has 0 aliphatic heterocycles. The Kier molecular flexibility index (Phi) is 34.0. The van der Waals surface area contributed by atoms with E-state index in [1.165, 1.54) is 70.6 Å². The molecular formula is C43H78NO9P. The van der Waals surface area contributed by atoms with E-state index in [-0.39, 0.29) is 26.1 Å². The highest BCUT2D eigenvalue weighted by Gasteiger charge is 2.21. The number of ether oxygens (including phenoxy) is 2. The molecule has 0 aliphatic rings. The number of carbonyl (C=O) groups is 2. The Morgan fingerprint density at radius 1 is 0.685 bits per heavy atom. The summed E-state index contributed by atoms with van der Waals surface area (Å²) in [7, 11) is 1.10. The Morgan fingerprint density at radius 2 is 1.26 bits per heavy atom. The summed E-state index contributed by atoms with van der Waals surface area (Å²) in [5, 5.41) is 10.1. The van der Waals surface area contributed by atoms with E-state index >= 15 is 0 Å². The molecule has 0 aromatic rings. The molecule has 0 aliphatic carbocycles. The number of phosphoric ester groups is 1. The molecule has 0 saturated heterocycles. The Hall–Kier alpha value is -2.07. The van der Waals surface area contributed by atoms with Crippen LogP contribution in [0.25, 0.3) is 0 Å². The van der Waals surface area contributed by atoms with Crippen molar-refractivity contribution in [2.24, 2.45) is 0 Å². The fraction of sp³-hybridized carbons (Fsp3) is 0.767. The summed E-state index contributed by atoms with van der Waals surface area (Å²) in [5.41, 5.74) is 0. The molecule has 0 rings (SSSR count). The third-order valence-electron chi connectivity index (χ3n) is 8.68. The van der Waals surface area contributed by atoms with E-state index in [4.69, 9.17) is 18.5 Å². The van der Waals surface area contributed by atoms with Gasteiger partial charge in [-0.15, -0.1) is 0 Å². The number of allylic oxidation sites excluding steroid dienone is 6. The lowest BCUT2D eigenvalue weighted by molar-refractivity contribution is -0.870. The minimum Gasteiger partial charge on any atom is -0.756 e. The average molecular weight is 784 g/mol. The second-order valence-electron chi connectivity index (χ2n) is 15.2. The number of unbranched alkanes of at least 4 members (excludes halogenated alkanes) is 15. The summed E-state index contributed by atoms with van der Waals surface area (Å²) in [4.78, 5) is 37.4. The monoisotopic (exact) mass is 784 g/mol. The molecule has 0 bridgehead atoms. The van der Waals surface area contributed by atoms with E-state index in [2.05, 4.69) is 19.9 Å². The number of aliphatic hydroxyl groups is 1. The molecule has 0 fully saturated rings. The molecule has 11 heteroatoms. The molecule has 0 amide bonds. The summed E-state index contributed by atoms with van der Waals surface area (Å²) in [6.45, 7) is 4.02. The zero-order valence-corrected chi connectivity index (χ0v) is 35.7. The largest absolute Gasteiger partial charge is 0.756 e. The van der Waals surface area contributed by atoms with Crippen molar-refractivity contribution in [2.45, 2.75) is 167 Å². The predicted octanol–water partition coefficient (Wildman–Crippen LogP) is 9.86. The van der Waals surface area contributed by atoms with Gasteiger partial charge in [0, 0.05) is 12.8 Å². The van der Waals surface area contributed by atoms with Crippen molar-refractivity contribution in [1.82, 2.24) is 0 Å². The molecule has 0 heterocycles. The number of rotatable bonds is 37.